The van der Waals surface area contributed by atoms with Gasteiger partial charge in [-0.05, 0) is 28.0 Å². The van der Waals surface area contributed by atoms with E-state index >= 15 is 0 Å². The number of carbonyl (C=O) groups is 2. The number of benzene rings is 4. The summed E-state index contributed by atoms with van der Waals surface area (Å²) in [5, 5.41) is 3.20. The van der Waals surface area contributed by atoms with Crippen molar-refractivity contribution in [2.24, 2.45) is 5.92 Å². The van der Waals surface area contributed by atoms with E-state index in [4.69, 9.17) is 0 Å². The molecule has 0 spiro atoms. The van der Waals surface area contributed by atoms with Crippen LogP contribution in [0.5, 0.6) is 0 Å². The van der Waals surface area contributed by atoms with Gasteiger partial charge in [-0.25, -0.2) is 0 Å². The first kappa shape index (κ1) is 17.8. The molecule has 1 aliphatic carbocycles. The minimum Gasteiger partial charge on any atom is -0.361 e. The number of hydrogen-bond acceptors (Lipinski definition) is 2. The van der Waals surface area contributed by atoms with Gasteiger partial charge < -0.3 is 4.98 Å². The van der Waals surface area contributed by atoms with E-state index in [0.717, 1.165) is 32.8 Å². The topological polar surface area (TPSA) is 49.9 Å². The molecule has 4 aromatic carbocycles. The van der Waals surface area contributed by atoms with Crippen LogP contribution in [0.3, 0.4) is 0 Å². The van der Waals surface area contributed by atoms with Crippen molar-refractivity contribution in [2.75, 3.05) is 0 Å². The summed E-state index contributed by atoms with van der Waals surface area (Å²) in [4.78, 5) is 30.5. The van der Waals surface area contributed by atoms with E-state index in [2.05, 4.69) is 35.3 Å². The van der Waals surface area contributed by atoms with Gasteiger partial charge in [0.25, 0.3) is 0 Å². The number of aromatic nitrogens is 1. The number of nitrogens with one attached hydrogen (secondary N) is 1. The first-order chi connectivity index (χ1) is 15.2. The van der Waals surface area contributed by atoms with Crippen LogP contribution in [0.4, 0.5) is 0 Å². The van der Waals surface area contributed by atoms with Crippen molar-refractivity contribution in [3.8, 4) is 0 Å². The van der Waals surface area contributed by atoms with Gasteiger partial charge >= 0.3 is 0 Å². The van der Waals surface area contributed by atoms with Crippen molar-refractivity contribution in [1.29, 1.82) is 0 Å². The second-order valence-electron chi connectivity index (χ2n) is 8.09. The predicted molar refractivity (Wildman–Crippen MR) is 123 cm³/mol. The van der Waals surface area contributed by atoms with Crippen LogP contribution in [0.1, 0.15) is 37.8 Å². The monoisotopic (exact) mass is 401 g/mol. The zero-order chi connectivity index (χ0) is 20.9. The maximum atomic E-state index is 13.6. The van der Waals surface area contributed by atoms with Gasteiger partial charge in [0.15, 0.2) is 11.6 Å². The summed E-state index contributed by atoms with van der Waals surface area (Å²) in [5.74, 6) is -1.34. The second kappa shape index (κ2) is 6.78. The van der Waals surface area contributed by atoms with Gasteiger partial charge in [0, 0.05) is 34.1 Å². The molecule has 0 saturated carbocycles. The molecule has 1 aliphatic rings. The third-order valence-electron chi connectivity index (χ3n) is 6.47. The van der Waals surface area contributed by atoms with Gasteiger partial charge in [-0.15, -0.1) is 0 Å². The van der Waals surface area contributed by atoms with Crippen LogP contribution < -0.4 is 0 Å². The molecule has 3 heteroatoms. The molecule has 0 amide bonds. The lowest BCUT2D eigenvalue weighted by molar-refractivity contribution is 0.0826. The highest BCUT2D eigenvalue weighted by Gasteiger charge is 2.45. The molecule has 0 radical (unpaired) electrons. The third kappa shape index (κ3) is 2.60. The Bertz CT molecular complexity index is 1450. The number of rotatable bonds is 3. The molecule has 1 aromatic heterocycles. The molecule has 0 fully saturated rings. The van der Waals surface area contributed by atoms with Crippen LogP contribution in [0, 0.1) is 5.92 Å². The van der Waals surface area contributed by atoms with Gasteiger partial charge in [0.05, 0.1) is 5.92 Å². The Balaban J connectivity index is 1.65. The number of Topliss-reactive ketones (excluding diaryl/α,β-unsaturated/α-hetero) is 2. The van der Waals surface area contributed by atoms with Crippen molar-refractivity contribution >= 4 is 33.2 Å². The average Bonchev–Trinajstić information content (AvgIpc) is 3.35. The van der Waals surface area contributed by atoms with Crippen LogP contribution in [0.25, 0.3) is 21.7 Å². The maximum Gasteiger partial charge on any atom is 0.175 e. The van der Waals surface area contributed by atoms with Crippen molar-refractivity contribution in [3.63, 3.8) is 0 Å². The number of aromatic amines is 1. The summed E-state index contributed by atoms with van der Waals surface area (Å²) in [6, 6.07) is 29.5. The summed E-state index contributed by atoms with van der Waals surface area (Å²) >= 11 is 0. The minimum absolute atomic E-state index is 0.0937. The third-order valence-corrected chi connectivity index (χ3v) is 6.47. The largest absolute Gasteiger partial charge is 0.361 e. The predicted octanol–water partition coefficient (Wildman–Crippen LogP) is 6.15. The van der Waals surface area contributed by atoms with Crippen LogP contribution in [0.2, 0.25) is 0 Å². The zero-order valence-electron chi connectivity index (χ0n) is 16.7. The molecule has 148 valence electrons. The summed E-state index contributed by atoms with van der Waals surface area (Å²) in [6.07, 6.45) is 1.96. The average molecular weight is 401 g/mol. The van der Waals surface area contributed by atoms with E-state index < -0.39 is 5.92 Å². The molecule has 0 aliphatic heterocycles. The van der Waals surface area contributed by atoms with Crippen molar-refractivity contribution in [3.05, 3.63) is 119 Å². The SMILES string of the molecule is O=C1c2ccccc2C(=O)C1C(c1cccc2ccccc12)c1c[nH]c2ccccc12. The number of hydrogen-bond donors (Lipinski definition) is 1. The second-order valence-corrected chi connectivity index (χ2v) is 8.09. The number of ketones is 2. The molecular weight excluding hydrogens is 382 g/mol. The smallest absolute Gasteiger partial charge is 0.175 e. The van der Waals surface area contributed by atoms with E-state index in [9.17, 15) is 9.59 Å². The van der Waals surface area contributed by atoms with Crippen LogP contribution in [0.15, 0.2) is 97.2 Å². The molecule has 5 aromatic rings. The quantitative estimate of drug-likeness (QED) is 0.369. The molecule has 1 heterocycles. The first-order valence-electron chi connectivity index (χ1n) is 10.4. The highest BCUT2D eigenvalue weighted by atomic mass is 16.2. The summed E-state index contributed by atoms with van der Waals surface area (Å²) in [6.45, 7) is 0. The maximum absolute atomic E-state index is 13.6. The molecule has 1 unspecified atom stereocenters. The standard InChI is InChI=1S/C28H19NO2/c30-27-21-12-3-4-13-22(21)28(31)26(27)25(23-16-29-24-15-6-5-11-19(23)24)20-14-7-9-17-8-1-2-10-18(17)20/h1-16,25-26,29H. The van der Waals surface area contributed by atoms with Crippen LogP contribution in [-0.4, -0.2) is 16.6 Å². The van der Waals surface area contributed by atoms with Crippen molar-refractivity contribution < 1.29 is 9.59 Å². The zero-order valence-corrected chi connectivity index (χ0v) is 16.7. The fraction of sp³-hybridized carbons (Fsp3) is 0.0714. The normalized spacial score (nSPS) is 15.0. The Morgan fingerprint density at radius 2 is 1.23 bits per heavy atom. The molecule has 31 heavy (non-hydrogen) atoms. The van der Waals surface area contributed by atoms with Gasteiger partial charge in [-0.2, -0.15) is 0 Å². The molecule has 0 saturated heterocycles. The molecule has 3 nitrogen and oxygen atoms in total. The number of carbonyl (C=O) groups excluding carboxylic acids is 2. The van der Waals surface area contributed by atoms with Gasteiger partial charge in [-0.1, -0.05) is 84.9 Å². The fourth-order valence-electron chi connectivity index (χ4n) is 5.07. The Hall–Kier alpha value is -3.98. The lowest BCUT2D eigenvalue weighted by Gasteiger charge is -2.23. The molecule has 6 rings (SSSR count). The number of H-pyrrole nitrogens is 1. The summed E-state index contributed by atoms with van der Waals surface area (Å²) in [7, 11) is 0. The van der Waals surface area contributed by atoms with E-state index in [0.29, 0.717) is 11.1 Å². The number of para-hydroxylation sites is 1. The highest BCUT2D eigenvalue weighted by Crippen LogP contribution is 2.44. The molecule has 1 atom stereocenters. The number of fused-ring (bicyclic) bond motifs is 3. The van der Waals surface area contributed by atoms with Crippen LogP contribution in [-0.2, 0) is 0 Å². The van der Waals surface area contributed by atoms with E-state index in [1.54, 1.807) is 12.1 Å². The van der Waals surface area contributed by atoms with Crippen molar-refractivity contribution in [1.82, 2.24) is 4.98 Å². The van der Waals surface area contributed by atoms with Crippen LogP contribution >= 0.6 is 0 Å². The Labute approximate surface area is 179 Å². The van der Waals surface area contributed by atoms with Gasteiger partial charge in [0.1, 0.15) is 0 Å². The molecule has 1 N–H and O–H groups in total. The fourth-order valence-corrected chi connectivity index (χ4v) is 5.07. The summed E-state index contributed by atoms with van der Waals surface area (Å²) < 4.78 is 0. The molecular formula is C28H19NO2. The molecule has 0 bridgehead atoms. The Morgan fingerprint density at radius 1 is 0.613 bits per heavy atom. The minimum atomic E-state index is -0.776. The van der Waals surface area contributed by atoms with E-state index in [-0.39, 0.29) is 17.5 Å². The highest BCUT2D eigenvalue weighted by molar-refractivity contribution is 6.27. The van der Waals surface area contributed by atoms with Crippen molar-refractivity contribution in [2.45, 2.75) is 5.92 Å². The Kier molecular flexibility index (Phi) is 3.90. The summed E-state index contributed by atoms with van der Waals surface area (Å²) in [5.41, 5.74) is 4.04. The first-order valence-corrected chi connectivity index (χ1v) is 10.4. The van der Waals surface area contributed by atoms with E-state index in [1.807, 2.05) is 54.7 Å². The van der Waals surface area contributed by atoms with E-state index in [1.165, 1.54) is 0 Å². The lowest BCUT2D eigenvalue weighted by atomic mass is 9.76. The van der Waals surface area contributed by atoms with Gasteiger partial charge in [0.2, 0.25) is 0 Å². The lowest BCUT2D eigenvalue weighted by Crippen LogP contribution is -2.25. The van der Waals surface area contributed by atoms with Gasteiger partial charge in [-0.3, -0.25) is 9.59 Å². The Morgan fingerprint density at radius 3 is 2.00 bits per heavy atom.